The maximum Gasteiger partial charge on any atom is 0.390 e. The summed E-state index contributed by atoms with van der Waals surface area (Å²) in [6.45, 7) is 11.9. The second kappa shape index (κ2) is 8.33. The average molecular weight is 425 g/mol. The van der Waals surface area contributed by atoms with Crippen LogP contribution in [0.2, 0.25) is 0 Å². The Hall–Kier alpha value is -3.49. The summed E-state index contributed by atoms with van der Waals surface area (Å²) in [6.07, 6.45) is 0. The predicted octanol–water partition coefficient (Wildman–Crippen LogP) is 4.23. The third-order valence-electron chi connectivity index (χ3n) is 5.29. The van der Waals surface area contributed by atoms with E-state index in [1.54, 1.807) is 13.8 Å². The fourth-order valence-electron chi connectivity index (χ4n) is 3.27. The van der Waals surface area contributed by atoms with Crippen molar-refractivity contribution in [2.45, 2.75) is 59.5 Å². The molecule has 0 fully saturated rings. The fourth-order valence-corrected chi connectivity index (χ4v) is 3.27. The van der Waals surface area contributed by atoms with E-state index in [1.165, 1.54) is 16.3 Å². The van der Waals surface area contributed by atoms with E-state index in [2.05, 4.69) is 48.5 Å². The quantitative estimate of drug-likeness (QED) is 0.467. The van der Waals surface area contributed by atoms with Crippen LogP contribution in [-0.2, 0) is 12.0 Å². The number of amides is 1. The number of carbonyl (C=O) groups is 1. The van der Waals surface area contributed by atoms with Crippen LogP contribution in [0.5, 0.6) is 0 Å². The van der Waals surface area contributed by atoms with E-state index in [4.69, 9.17) is 4.52 Å². The van der Waals surface area contributed by atoms with Gasteiger partial charge >= 0.3 is 5.82 Å². The summed E-state index contributed by atoms with van der Waals surface area (Å²) in [7, 11) is 0. The molecule has 0 aliphatic carbocycles. The number of aryl methyl sites for hydroxylation is 2. The molecule has 3 aromatic rings. The highest BCUT2D eigenvalue weighted by atomic mass is 16.6. The van der Waals surface area contributed by atoms with Crippen LogP contribution in [0.25, 0.3) is 0 Å². The molecule has 0 bridgehead atoms. The molecule has 0 radical (unpaired) electrons. The topological polar surface area (TPSA) is 116 Å². The van der Waals surface area contributed by atoms with Crippen molar-refractivity contribution in [1.29, 1.82) is 0 Å². The molecule has 1 N–H and O–H groups in total. The standard InChI is InChI=1S/C22H27N5O4/c1-13-11-19(27(29)30)24-26(13)12-18-15(3)31-25-20(18)21(28)23-14(2)16-7-9-17(10-8-16)22(4,5)6/h7-11,14H,12H2,1-6H3,(H,23,28). The first-order valence-corrected chi connectivity index (χ1v) is 10.0. The molecule has 2 aromatic heterocycles. The molecule has 2 heterocycles. The van der Waals surface area contributed by atoms with E-state index in [0.717, 1.165) is 5.56 Å². The summed E-state index contributed by atoms with van der Waals surface area (Å²) in [6, 6.07) is 9.29. The van der Waals surface area contributed by atoms with E-state index in [-0.39, 0.29) is 35.4 Å². The molecule has 31 heavy (non-hydrogen) atoms. The Balaban J connectivity index is 1.78. The summed E-state index contributed by atoms with van der Waals surface area (Å²) >= 11 is 0. The van der Waals surface area contributed by atoms with Crippen molar-refractivity contribution < 1.29 is 14.2 Å². The molecule has 0 saturated carbocycles. The Labute approximate surface area is 180 Å². The highest BCUT2D eigenvalue weighted by Gasteiger charge is 2.25. The van der Waals surface area contributed by atoms with Crippen LogP contribution in [0, 0.1) is 24.0 Å². The van der Waals surface area contributed by atoms with Gasteiger partial charge in [0.05, 0.1) is 35.0 Å². The normalized spacial score (nSPS) is 12.6. The first kappa shape index (κ1) is 22.2. The molecule has 3 rings (SSSR count). The summed E-state index contributed by atoms with van der Waals surface area (Å²) in [5.74, 6) is -0.159. The van der Waals surface area contributed by atoms with E-state index in [1.807, 2.05) is 19.1 Å². The van der Waals surface area contributed by atoms with E-state index in [0.29, 0.717) is 17.0 Å². The Bertz CT molecular complexity index is 1110. The third-order valence-corrected chi connectivity index (χ3v) is 5.29. The van der Waals surface area contributed by atoms with Crippen molar-refractivity contribution in [2.75, 3.05) is 0 Å². The van der Waals surface area contributed by atoms with Gasteiger partial charge in [0.15, 0.2) is 5.69 Å². The van der Waals surface area contributed by atoms with Crippen molar-refractivity contribution >= 4 is 11.7 Å². The van der Waals surface area contributed by atoms with Crippen molar-refractivity contribution in [3.8, 4) is 0 Å². The van der Waals surface area contributed by atoms with E-state index >= 15 is 0 Å². The number of rotatable bonds is 6. The highest BCUT2D eigenvalue weighted by molar-refractivity contribution is 5.94. The average Bonchev–Trinajstić information content (AvgIpc) is 3.25. The van der Waals surface area contributed by atoms with Gasteiger partial charge in [-0.3, -0.25) is 4.79 Å². The fraction of sp³-hybridized carbons (Fsp3) is 0.409. The smallest absolute Gasteiger partial charge is 0.361 e. The summed E-state index contributed by atoms with van der Waals surface area (Å²) in [5, 5.41) is 21.8. The number of benzene rings is 1. The first-order valence-electron chi connectivity index (χ1n) is 10.0. The van der Waals surface area contributed by atoms with Crippen molar-refractivity contribution in [1.82, 2.24) is 20.3 Å². The number of aromatic nitrogens is 3. The van der Waals surface area contributed by atoms with Crippen LogP contribution in [0.4, 0.5) is 5.82 Å². The van der Waals surface area contributed by atoms with Gasteiger partial charge in [-0.05, 0) is 42.2 Å². The van der Waals surface area contributed by atoms with Crippen LogP contribution in [0.3, 0.4) is 0 Å². The van der Waals surface area contributed by atoms with Crippen LogP contribution < -0.4 is 5.32 Å². The minimum Gasteiger partial charge on any atom is -0.361 e. The summed E-state index contributed by atoms with van der Waals surface area (Å²) in [5.41, 5.74) is 3.53. The van der Waals surface area contributed by atoms with Gasteiger partial charge in [0, 0.05) is 0 Å². The largest absolute Gasteiger partial charge is 0.390 e. The number of nitrogens with one attached hydrogen (secondary N) is 1. The van der Waals surface area contributed by atoms with Crippen LogP contribution >= 0.6 is 0 Å². The Morgan fingerprint density at radius 1 is 1.26 bits per heavy atom. The summed E-state index contributed by atoms with van der Waals surface area (Å²) in [4.78, 5) is 23.3. The zero-order valence-corrected chi connectivity index (χ0v) is 18.6. The van der Waals surface area contributed by atoms with Crippen LogP contribution in [0.1, 0.15) is 72.4 Å². The molecule has 1 amide bonds. The SMILES string of the molecule is Cc1onc(C(=O)NC(C)c2ccc(C(C)(C)C)cc2)c1Cn1nc([N+](=O)[O-])cc1C. The van der Waals surface area contributed by atoms with Crippen LogP contribution in [-0.4, -0.2) is 25.8 Å². The second-order valence-electron chi connectivity index (χ2n) is 8.69. The number of hydrogen-bond acceptors (Lipinski definition) is 6. The number of nitrogens with zero attached hydrogens (tertiary/aromatic N) is 4. The van der Waals surface area contributed by atoms with Gasteiger partial charge in [0.2, 0.25) is 0 Å². The molecule has 0 saturated heterocycles. The first-order chi connectivity index (χ1) is 14.5. The molecule has 1 unspecified atom stereocenters. The molecule has 164 valence electrons. The highest BCUT2D eigenvalue weighted by Crippen LogP contribution is 2.24. The summed E-state index contributed by atoms with van der Waals surface area (Å²) < 4.78 is 6.70. The molecule has 1 atom stereocenters. The third kappa shape index (κ3) is 4.82. The molecular weight excluding hydrogens is 398 g/mol. The molecule has 0 aliphatic heterocycles. The lowest BCUT2D eigenvalue weighted by Crippen LogP contribution is -2.28. The Morgan fingerprint density at radius 2 is 1.90 bits per heavy atom. The lowest BCUT2D eigenvalue weighted by Gasteiger charge is -2.20. The lowest BCUT2D eigenvalue weighted by molar-refractivity contribution is -0.389. The van der Waals surface area contributed by atoms with E-state index in [9.17, 15) is 14.9 Å². The minimum absolute atomic E-state index is 0.0534. The maximum atomic E-state index is 12.9. The molecule has 0 aliphatic rings. The molecule has 1 aromatic carbocycles. The lowest BCUT2D eigenvalue weighted by atomic mass is 9.86. The molecule has 9 nitrogen and oxygen atoms in total. The van der Waals surface area contributed by atoms with Crippen molar-refractivity contribution in [2.24, 2.45) is 0 Å². The molecular formula is C22H27N5O4. The number of nitro groups is 1. The zero-order chi connectivity index (χ0) is 22.9. The molecule has 9 heteroatoms. The Kier molecular flexibility index (Phi) is 5.97. The molecule has 0 spiro atoms. The van der Waals surface area contributed by atoms with Gasteiger partial charge in [0.25, 0.3) is 5.91 Å². The number of hydrogen-bond donors (Lipinski definition) is 1. The van der Waals surface area contributed by atoms with Gasteiger partial charge in [-0.1, -0.05) is 50.2 Å². The van der Waals surface area contributed by atoms with Gasteiger partial charge < -0.3 is 20.0 Å². The monoisotopic (exact) mass is 425 g/mol. The van der Waals surface area contributed by atoms with Gasteiger partial charge in [-0.15, -0.1) is 0 Å². The van der Waals surface area contributed by atoms with Gasteiger partial charge in [0.1, 0.15) is 5.76 Å². The van der Waals surface area contributed by atoms with E-state index < -0.39 is 4.92 Å². The van der Waals surface area contributed by atoms with Crippen molar-refractivity contribution in [3.63, 3.8) is 0 Å². The van der Waals surface area contributed by atoms with Gasteiger partial charge in [-0.25, -0.2) is 0 Å². The minimum atomic E-state index is -0.551. The second-order valence-corrected chi connectivity index (χ2v) is 8.69. The maximum absolute atomic E-state index is 12.9. The van der Waals surface area contributed by atoms with Crippen LogP contribution in [0.15, 0.2) is 34.9 Å². The zero-order valence-electron chi connectivity index (χ0n) is 18.6. The van der Waals surface area contributed by atoms with Crippen molar-refractivity contribution in [3.05, 3.63) is 74.3 Å². The predicted molar refractivity (Wildman–Crippen MR) is 115 cm³/mol. The Morgan fingerprint density at radius 3 is 2.45 bits per heavy atom. The van der Waals surface area contributed by atoms with Gasteiger partial charge in [-0.2, -0.15) is 4.68 Å². The number of carbonyl (C=O) groups excluding carboxylic acids is 1.